The third-order valence-corrected chi connectivity index (χ3v) is 4.68. The molecule has 136 valence electrons. The van der Waals surface area contributed by atoms with Crippen LogP contribution in [0.4, 0.5) is 13.2 Å². The number of halogens is 3. The van der Waals surface area contributed by atoms with Crippen LogP contribution in [0.25, 0.3) is 11.5 Å². The Kier molecular flexibility index (Phi) is 4.88. The van der Waals surface area contributed by atoms with Crippen LogP contribution in [0, 0.1) is 6.92 Å². The summed E-state index contributed by atoms with van der Waals surface area (Å²) >= 11 is 0. The topological polar surface area (TPSA) is 32.5 Å². The molecule has 1 unspecified atom stereocenters. The normalized spacial score (nSPS) is 19.1. The summed E-state index contributed by atoms with van der Waals surface area (Å²) in [5.74, 6) is 0.891. The molecule has 1 saturated heterocycles. The summed E-state index contributed by atoms with van der Waals surface area (Å²) in [4.78, 5) is 8.96. The minimum Gasteiger partial charge on any atom is -0.441 e. The van der Waals surface area contributed by atoms with Crippen LogP contribution < -0.4 is 0 Å². The molecule has 1 fully saturated rings. The number of nitrogens with zero attached hydrogens (tertiary/aromatic N) is 3. The van der Waals surface area contributed by atoms with Crippen LogP contribution in [0.3, 0.4) is 0 Å². The van der Waals surface area contributed by atoms with Crippen LogP contribution in [0.5, 0.6) is 0 Å². The summed E-state index contributed by atoms with van der Waals surface area (Å²) in [7, 11) is 4.14. The van der Waals surface area contributed by atoms with Gasteiger partial charge in [0.15, 0.2) is 0 Å². The van der Waals surface area contributed by atoms with Gasteiger partial charge in [0.05, 0.1) is 11.3 Å². The maximum atomic E-state index is 12.9. The van der Waals surface area contributed by atoms with Crippen molar-refractivity contribution in [3.05, 3.63) is 41.3 Å². The van der Waals surface area contributed by atoms with Crippen LogP contribution in [0.1, 0.15) is 23.4 Å². The van der Waals surface area contributed by atoms with Gasteiger partial charge >= 0.3 is 6.18 Å². The molecule has 0 spiro atoms. The van der Waals surface area contributed by atoms with E-state index in [-0.39, 0.29) is 5.89 Å². The second kappa shape index (κ2) is 6.80. The van der Waals surface area contributed by atoms with Crippen LogP contribution in [-0.2, 0) is 12.7 Å². The molecule has 25 heavy (non-hydrogen) atoms. The molecule has 1 aromatic heterocycles. The second-order valence-corrected chi connectivity index (χ2v) is 6.74. The fourth-order valence-corrected chi connectivity index (χ4v) is 3.12. The number of oxazole rings is 1. The molecular formula is C18H22F3N3O. The fraction of sp³-hybridized carbons (Fsp3) is 0.500. The number of alkyl halides is 3. The molecule has 2 aromatic rings. The zero-order valence-corrected chi connectivity index (χ0v) is 14.6. The Balaban J connectivity index is 1.77. The zero-order valence-electron chi connectivity index (χ0n) is 14.6. The van der Waals surface area contributed by atoms with Crippen molar-refractivity contribution in [2.75, 3.05) is 27.2 Å². The zero-order chi connectivity index (χ0) is 18.2. The minimum absolute atomic E-state index is 0.238. The summed E-state index contributed by atoms with van der Waals surface area (Å²) in [6.07, 6.45) is -3.28. The van der Waals surface area contributed by atoms with E-state index in [2.05, 4.69) is 28.9 Å². The van der Waals surface area contributed by atoms with Gasteiger partial charge in [-0.1, -0.05) is 6.07 Å². The molecule has 0 bridgehead atoms. The van der Waals surface area contributed by atoms with Crippen molar-refractivity contribution >= 4 is 0 Å². The Morgan fingerprint density at radius 2 is 2.08 bits per heavy atom. The highest BCUT2D eigenvalue weighted by Gasteiger charge is 2.31. The Morgan fingerprint density at radius 3 is 2.72 bits per heavy atom. The molecule has 1 aliphatic heterocycles. The first kappa shape index (κ1) is 17.9. The van der Waals surface area contributed by atoms with E-state index in [1.807, 2.05) is 0 Å². The minimum atomic E-state index is -4.38. The van der Waals surface area contributed by atoms with Gasteiger partial charge in [-0.15, -0.1) is 0 Å². The monoisotopic (exact) mass is 353 g/mol. The number of aromatic nitrogens is 1. The lowest BCUT2D eigenvalue weighted by Crippen LogP contribution is -2.31. The second-order valence-electron chi connectivity index (χ2n) is 6.74. The SMILES string of the molecule is Cc1oc(-c2cccc(C(F)(F)F)c2)nc1CN1CCC(N(C)C)C1. The van der Waals surface area contributed by atoms with Gasteiger partial charge in [-0.2, -0.15) is 13.2 Å². The molecular weight excluding hydrogens is 331 g/mol. The number of likely N-dealkylation sites (N-methyl/N-ethyl adjacent to an activating group) is 1. The Morgan fingerprint density at radius 1 is 1.32 bits per heavy atom. The van der Waals surface area contributed by atoms with E-state index in [4.69, 9.17) is 4.42 Å². The van der Waals surface area contributed by atoms with Gasteiger partial charge in [-0.25, -0.2) is 4.98 Å². The summed E-state index contributed by atoms with van der Waals surface area (Å²) in [6.45, 7) is 4.39. The number of aryl methyl sites for hydroxylation is 1. The first-order chi connectivity index (χ1) is 11.7. The number of likely N-dealkylation sites (tertiary alicyclic amines) is 1. The van der Waals surface area contributed by atoms with E-state index in [1.165, 1.54) is 6.07 Å². The Bertz CT molecular complexity index is 739. The molecule has 0 amide bonds. The molecule has 3 rings (SSSR count). The van der Waals surface area contributed by atoms with Gasteiger partial charge in [-0.3, -0.25) is 4.90 Å². The smallest absolute Gasteiger partial charge is 0.416 e. The van der Waals surface area contributed by atoms with Crippen molar-refractivity contribution in [3.8, 4) is 11.5 Å². The predicted molar refractivity (Wildman–Crippen MR) is 89.0 cm³/mol. The highest BCUT2D eigenvalue weighted by molar-refractivity contribution is 5.55. The molecule has 1 atom stereocenters. The van der Waals surface area contributed by atoms with Crippen molar-refractivity contribution < 1.29 is 17.6 Å². The van der Waals surface area contributed by atoms with Crippen LogP contribution in [0.15, 0.2) is 28.7 Å². The molecule has 4 nitrogen and oxygen atoms in total. The predicted octanol–water partition coefficient (Wildman–Crippen LogP) is 3.80. The number of hydrogen-bond acceptors (Lipinski definition) is 4. The lowest BCUT2D eigenvalue weighted by molar-refractivity contribution is -0.137. The van der Waals surface area contributed by atoms with Gasteiger partial charge in [0.2, 0.25) is 5.89 Å². The standard InChI is InChI=1S/C18H22F3N3O/c1-12-16(11-24-8-7-15(10-24)23(2)3)22-17(25-12)13-5-4-6-14(9-13)18(19,20)21/h4-6,9,15H,7-8,10-11H2,1-3H3. The lowest BCUT2D eigenvalue weighted by atomic mass is 10.1. The average Bonchev–Trinajstić information content (AvgIpc) is 3.15. The van der Waals surface area contributed by atoms with Gasteiger partial charge in [-0.05, 0) is 45.6 Å². The molecule has 0 saturated carbocycles. The third kappa shape index (κ3) is 4.04. The summed E-state index contributed by atoms with van der Waals surface area (Å²) in [6, 6.07) is 5.61. The van der Waals surface area contributed by atoms with Crippen molar-refractivity contribution in [3.63, 3.8) is 0 Å². The van der Waals surface area contributed by atoms with Crippen molar-refractivity contribution in [1.29, 1.82) is 0 Å². The van der Waals surface area contributed by atoms with E-state index >= 15 is 0 Å². The van der Waals surface area contributed by atoms with Crippen LogP contribution in [-0.4, -0.2) is 48.0 Å². The molecule has 1 aromatic carbocycles. The highest BCUT2D eigenvalue weighted by Crippen LogP contribution is 2.32. The molecule has 0 radical (unpaired) electrons. The number of rotatable bonds is 4. The van der Waals surface area contributed by atoms with Crippen molar-refractivity contribution in [1.82, 2.24) is 14.8 Å². The van der Waals surface area contributed by atoms with Gasteiger partial charge in [0.25, 0.3) is 0 Å². The molecule has 0 aliphatic carbocycles. The van der Waals surface area contributed by atoms with Gasteiger partial charge < -0.3 is 9.32 Å². The summed E-state index contributed by atoms with van der Waals surface area (Å²) < 4.78 is 44.3. The summed E-state index contributed by atoms with van der Waals surface area (Å²) in [5, 5.41) is 0. The summed E-state index contributed by atoms with van der Waals surface area (Å²) in [5.41, 5.74) is 0.430. The van der Waals surface area contributed by atoms with Crippen LogP contribution >= 0.6 is 0 Å². The fourth-order valence-electron chi connectivity index (χ4n) is 3.12. The first-order valence-electron chi connectivity index (χ1n) is 8.27. The van der Waals surface area contributed by atoms with E-state index in [0.29, 0.717) is 23.9 Å². The molecule has 2 heterocycles. The van der Waals surface area contributed by atoms with Crippen molar-refractivity contribution in [2.24, 2.45) is 0 Å². The maximum Gasteiger partial charge on any atom is 0.416 e. The van der Waals surface area contributed by atoms with Gasteiger partial charge in [0.1, 0.15) is 5.76 Å². The maximum absolute atomic E-state index is 12.9. The molecule has 1 aliphatic rings. The highest BCUT2D eigenvalue weighted by atomic mass is 19.4. The largest absolute Gasteiger partial charge is 0.441 e. The van der Waals surface area contributed by atoms with Crippen LogP contribution in [0.2, 0.25) is 0 Å². The third-order valence-electron chi connectivity index (χ3n) is 4.68. The average molecular weight is 353 g/mol. The van der Waals surface area contributed by atoms with E-state index in [0.717, 1.165) is 37.3 Å². The van der Waals surface area contributed by atoms with E-state index in [1.54, 1.807) is 13.0 Å². The Labute approximate surface area is 145 Å². The number of benzene rings is 1. The number of hydrogen-bond donors (Lipinski definition) is 0. The lowest BCUT2D eigenvalue weighted by Gasteiger charge is -2.19. The quantitative estimate of drug-likeness (QED) is 0.837. The van der Waals surface area contributed by atoms with Crippen molar-refractivity contribution in [2.45, 2.75) is 32.1 Å². The van der Waals surface area contributed by atoms with E-state index < -0.39 is 11.7 Å². The molecule has 7 heteroatoms. The first-order valence-corrected chi connectivity index (χ1v) is 8.27. The van der Waals surface area contributed by atoms with E-state index in [9.17, 15) is 13.2 Å². The molecule has 0 N–H and O–H groups in total. The van der Waals surface area contributed by atoms with Gasteiger partial charge in [0, 0.05) is 31.2 Å². The Hall–Kier alpha value is -1.86.